The fourth-order valence-corrected chi connectivity index (χ4v) is 3.35. The summed E-state index contributed by atoms with van der Waals surface area (Å²) in [7, 11) is 0. The van der Waals surface area contributed by atoms with Gasteiger partial charge in [-0.25, -0.2) is 0 Å². The molecule has 0 spiro atoms. The molecule has 0 unspecified atom stereocenters. The van der Waals surface area contributed by atoms with Crippen molar-refractivity contribution in [2.24, 2.45) is 10.8 Å². The van der Waals surface area contributed by atoms with E-state index in [0.29, 0.717) is 15.6 Å². The largest absolute Gasteiger partial charge is 0.317 e. The monoisotopic (exact) mass is 341 g/mol. The molecule has 1 N–H and O–H groups in total. The molecule has 22 heavy (non-hydrogen) atoms. The second-order valence-electron chi connectivity index (χ2n) is 7.55. The van der Waals surface area contributed by atoms with Crippen LogP contribution in [0.5, 0.6) is 0 Å². The van der Waals surface area contributed by atoms with E-state index in [4.69, 9.17) is 23.2 Å². The summed E-state index contributed by atoms with van der Waals surface area (Å²) in [5.74, 6) is 0.219. The molecule has 0 aromatic heterocycles. The Balaban J connectivity index is 2.27. The third-order valence-electron chi connectivity index (χ3n) is 4.58. The average Bonchev–Trinajstić information content (AvgIpc) is 2.47. The highest BCUT2D eigenvalue weighted by atomic mass is 35.5. The molecular formula is C18H25Cl2NO. The molecule has 2 nitrogen and oxygen atoms in total. The van der Waals surface area contributed by atoms with E-state index in [2.05, 4.69) is 26.1 Å². The van der Waals surface area contributed by atoms with Crippen LogP contribution < -0.4 is 5.32 Å². The van der Waals surface area contributed by atoms with E-state index in [9.17, 15) is 4.79 Å². The van der Waals surface area contributed by atoms with Crippen molar-refractivity contribution in [1.29, 1.82) is 0 Å². The van der Waals surface area contributed by atoms with Gasteiger partial charge in [0.1, 0.15) is 0 Å². The first-order valence-corrected chi connectivity index (χ1v) is 8.70. The van der Waals surface area contributed by atoms with Crippen molar-refractivity contribution in [3.8, 4) is 0 Å². The number of hydrogen-bond acceptors (Lipinski definition) is 2. The van der Waals surface area contributed by atoms with Gasteiger partial charge in [-0.1, -0.05) is 44.0 Å². The minimum Gasteiger partial charge on any atom is -0.317 e. The van der Waals surface area contributed by atoms with Crippen LogP contribution >= 0.6 is 23.2 Å². The Hall–Kier alpha value is -0.570. The van der Waals surface area contributed by atoms with Crippen molar-refractivity contribution >= 4 is 29.0 Å². The van der Waals surface area contributed by atoms with Crippen LogP contribution in [0, 0.1) is 10.8 Å². The molecule has 0 amide bonds. The lowest BCUT2D eigenvalue weighted by Gasteiger charge is -2.38. The van der Waals surface area contributed by atoms with Crippen LogP contribution in [0.25, 0.3) is 0 Å². The summed E-state index contributed by atoms with van der Waals surface area (Å²) < 4.78 is 0. The Kier molecular flexibility index (Phi) is 5.58. The van der Waals surface area contributed by atoms with Gasteiger partial charge in [0.15, 0.2) is 5.78 Å². The minimum atomic E-state index is -0.268. The molecule has 1 heterocycles. The molecule has 0 bridgehead atoms. The smallest absolute Gasteiger partial charge is 0.169 e. The minimum absolute atomic E-state index is 0.219. The molecule has 4 heteroatoms. The number of carbonyl (C=O) groups excluding carboxylic acids is 1. The molecule has 1 aliphatic heterocycles. The van der Waals surface area contributed by atoms with Gasteiger partial charge in [-0.05, 0) is 62.4 Å². The molecule has 1 aromatic carbocycles. The molecule has 1 fully saturated rings. The summed E-state index contributed by atoms with van der Waals surface area (Å²) in [5.41, 5.74) is 0.649. The molecule has 0 atom stereocenters. The predicted molar refractivity (Wildman–Crippen MR) is 94.0 cm³/mol. The molecule has 1 aliphatic rings. The van der Waals surface area contributed by atoms with Crippen LogP contribution in [0.15, 0.2) is 18.2 Å². The van der Waals surface area contributed by atoms with Crippen molar-refractivity contribution in [1.82, 2.24) is 5.32 Å². The third-order valence-corrected chi connectivity index (χ3v) is 5.32. The lowest BCUT2D eigenvalue weighted by molar-refractivity contribution is 0.0677. The second-order valence-corrected chi connectivity index (χ2v) is 8.36. The molecule has 0 saturated carbocycles. The van der Waals surface area contributed by atoms with E-state index in [-0.39, 0.29) is 16.6 Å². The fourth-order valence-electron chi connectivity index (χ4n) is 3.05. The Labute approximate surface area is 143 Å². The zero-order valence-electron chi connectivity index (χ0n) is 13.6. The van der Waals surface area contributed by atoms with E-state index in [1.165, 1.54) is 0 Å². The van der Waals surface area contributed by atoms with Crippen LogP contribution in [-0.4, -0.2) is 18.9 Å². The first kappa shape index (κ1) is 17.8. The van der Waals surface area contributed by atoms with Gasteiger partial charge in [0, 0.05) is 11.0 Å². The van der Waals surface area contributed by atoms with E-state index in [0.717, 1.165) is 38.8 Å². The maximum atomic E-state index is 13.2. The lowest BCUT2D eigenvalue weighted by atomic mass is 9.68. The number of carbonyl (C=O) groups is 1. The van der Waals surface area contributed by atoms with Crippen molar-refractivity contribution in [3.63, 3.8) is 0 Å². The van der Waals surface area contributed by atoms with Crippen LogP contribution in [0.3, 0.4) is 0 Å². The maximum Gasteiger partial charge on any atom is 0.169 e. The van der Waals surface area contributed by atoms with Gasteiger partial charge in [-0.15, -0.1) is 0 Å². The molecular weight excluding hydrogens is 317 g/mol. The number of ketones is 1. The number of piperidine rings is 1. The summed E-state index contributed by atoms with van der Waals surface area (Å²) in [6.45, 7) is 8.48. The van der Waals surface area contributed by atoms with Gasteiger partial charge in [0.25, 0.3) is 0 Å². The Morgan fingerprint density at radius 2 is 1.82 bits per heavy atom. The molecule has 1 saturated heterocycles. The fraction of sp³-hybridized carbons (Fsp3) is 0.611. The summed E-state index contributed by atoms with van der Waals surface area (Å²) in [5, 5.41) is 4.31. The van der Waals surface area contributed by atoms with Gasteiger partial charge in [-0.3, -0.25) is 4.79 Å². The van der Waals surface area contributed by atoms with Gasteiger partial charge >= 0.3 is 0 Å². The first-order valence-electron chi connectivity index (χ1n) is 7.94. The average molecular weight is 342 g/mol. The van der Waals surface area contributed by atoms with Crippen molar-refractivity contribution in [3.05, 3.63) is 33.8 Å². The predicted octanol–water partition coefficient (Wildman–Crippen LogP) is 5.37. The Morgan fingerprint density at radius 3 is 2.36 bits per heavy atom. The zero-order valence-corrected chi connectivity index (χ0v) is 15.2. The molecule has 0 radical (unpaired) electrons. The van der Waals surface area contributed by atoms with Crippen LogP contribution in [0.2, 0.25) is 10.0 Å². The van der Waals surface area contributed by atoms with E-state index < -0.39 is 0 Å². The van der Waals surface area contributed by atoms with Crippen molar-refractivity contribution in [2.45, 2.75) is 46.5 Å². The molecule has 122 valence electrons. The number of nitrogens with one attached hydrogen (secondary N) is 1. The second kappa shape index (κ2) is 6.90. The molecule has 0 aliphatic carbocycles. The maximum absolute atomic E-state index is 13.2. The van der Waals surface area contributed by atoms with Gasteiger partial charge in [0.05, 0.1) is 10.0 Å². The SMILES string of the molecule is CC(C)(C)CCC1(C(=O)c2ccc(Cl)c(Cl)c2)CCNCC1. The molecule has 1 aromatic rings. The summed E-state index contributed by atoms with van der Waals surface area (Å²) in [4.78, 5) is 13.2. The highest BCUT2D eigenvalue weighted by Gasteiger charge is 2.40. The van der Waals surface area contributed by atoms with Crippen LogP contribution in [0.1, 0.15) is 56.8 Å². The van der Waals surface area contributed by atoms with E-state index in [1.807, 2.05) is 0 Å². The lowest BCUT2D eigenvalue weighted by Crippen LogP contribution is -2.42. The van der Waals surface area contributed by atoms with Gasteiger partial charge in [-0.2, -0.15) is 0 Å². The van der Waals surface area contributed by atoms with Crippen molar-refractivity contribution in [2.75, 3.05) is 13.1 Å². The number of rotatable bonds is 4. The quantitative estimate of drug-likeness (QED) is 0.745. The Bertz CT molecular complexity index is 543. The van der Waals surface area contributed by atoms with Gasteiger partial charge < -0.3 is 5.32 Å². The topological polar surface area (TPSA) is 29.1 Å². The number of hydrogen-bond donors (Lipinski definition) is 1. The third kappa shape index (κ3) is 4.24. The summed E-state index contributed by atoms with van der Waals surface area (Å²) in [6.07, 6.45) is 3.75. The number of halogens is 2. The normalized spacial score (nSPS) is 18.2. The standard InChI is InChI=1S/C18H25Cl2NO/c1-17(2,3)6-7-18(8-10-21-11-9-18)16(22)13-4-5-14(19)15(20)12-13/h4-5,12,21H,6-11H2,1-3H3. The Morgan fingerprint density at radius 1 is 1.18 bits per heavy atom. The van der Waals surface area contributed by atoms with E-state index in [1.54, 1.807) is 18.2 Å². The van der Waals surface area contributed by atoms with Gasteiger partial charge in [0.2, 0.25) is 0 Å². The highest BCUT2D eigenvalue weighted by Crippen LogP contribution is 2.41. The first-order chi connectivity index (χ1) is 10.2. The molecule has 2 rings (SSSR count). The van der Waals surface area contributed by atoms with E-state index >= 15 is 0 Å². The zero-order chi connectivity index (χ0) is 16.4. The van der Waals surface area contributed by atoms with Crippen LogP contribution in [-0.2, 0) is 0 Å². The van der Waals surface area contributed by atoms with Crippen molar-refractivity contribution < 1.29 is 4.79 Å². The number of benzene rings is 1. The summed E-state index contributed by atoms with van der Waals surface area (Å²) in [6, 6.07) is 5.24. The summed E-state index contributed by atoms with van der Waals surface area (Å²) >= 11 is 12.1. The highest BCUT2D eigenvalue weighted by molar-refractivity contribution is 6.42. The van der Waals surface area contributed by atoms with Crippen LogP contribution in [0.4, 0.5) is 0 Å². The number of Topliss-reactive ketones (excluding diaryl/α,β-unsaturated/α-hetero) is 1.